The molecule has 3 heterocycles. The lowest BCUT2D eigenvalue weighted by Crippen LogP contribution is -2.44. The number of hydrogen-bond donors (Lipinski definition) is 1. The van der Waals surface area contributed by atoms with Crippen LogP contribution >= 0.6 is 0 Å². The van der Waals surface area contributed by atoms with E-state index in [4.69, 9.17) is 0 Å². The molecule has 2 fully saturated rings. The predicted octanol–water partition coefficient (Wildman–Crippen LogP) is 1.09. The molecular weight excluding hydrogens is 318 g/mol. The average molecular weight is 345 g/mol. The number of nitrogens with one attached hydrogen (secondary N) is 1. The molecule has 2 amide bonds. The van der Waals surface area contributed by atoms with Gasteiger partial charge in [-0.2, -0.15) is 0 Å². The first-order chi connectivity index (χ1) is 12.0. The minimum Gasteiger partial charge on any atom is -0.351 e. The standard InChI is InChI=1S/C18H27N5O2/c1-11(2)17-21-20-15-6-5-14(10-23(15)17)19-18(25)13-7-16(24)22(9-13)8-12-3-4-12/h11-14H,3-10H2,1-2H3,(H,19,25). The van der Waals surface area contributed by atoms with Crippen LogP contribution in [0.2, 0.25) is 0 Å². The monoisotopic (exact) mass is 345 g/mol. The Bertz CT molecular complexity index is 679. The maximum Gasteiger partial charge on any atom is 0.225 e. The van der Waals surface area contributed by atoms with Crippen molar-refractivity contribution in [1.82, 2.24) is 25.0 Å². The molecule has 1 saturated carbocycles. The van der Waals surface area contributed by atoms with E-state index in [1.807, 2.05) is 4.90 Å². The number of nitrogens with zero attached hydrogens (tertiary/aromatic N) is 4. The van der Waals surface area contributed by atoms with Gasteiger partial charge >= 0.3 is 0 Å². The second-order valence-electron chi connectivity index (χ2n) is 8.13. The molecule has 1 N–H and O–H groups in total. The molecule has 2 atom stereocenters. The topological polar surface area (TPSA) is 80.1 Å². The number of aromatic nitrogens is 3. The zero-order valence-electron chi connectivity index (χ0n) is 15.1. The molecule has 2 aliphatic heterocycles. The minimum atomic E-state index is -0.196. The Morgan fingerprint density at radius 3 is 2.76 bits per heavy atom. The van der Waals surface area contributed by atoms with E-state index in [-0.39, 0.29) is 23.8 Å². The smallest absolute Gasteiger partial charge is 0.225 e. The molecule has 0 aromatic carbocycles. The molecule has 0 radical (unpaired) electrons. The maximum atomic E-state index is 12.6. The largest absolute Gasteiger partial charge is 0.351 e. The van der Waals surface area contributed by atoms with Crippen molar-refractivity contribution in [1.29, 1.82) is 0 Å². The van der Waals surface area contributed by atoms with Crippen molar-refractivity contribution in [3.8, 4) is 0 Å². The molecule has 1 aromatic rings. The lowest BCUT2D eigenvalue weighted by atomic mass is 10.0. The van der Waals surface area contributed by atoms with Crippen LogP contribution in [0.4, 0.5) is 0 Å². The number of amides is 2. The summed E-state index contributed by atoms with van der Waals surface area (Å²) >= 11 is 0. The van der Waals surface area contributed by atoms with Gasteiger partial charge in [-0.25, -0.2) is 0 Å². The summed E-state index contributed by atoms with van der Waals surface area (Å²) in [5.41, 5.74) is 0. The Balaban J connectivity index is 1.35. The van der Waals surface area contributed by atoms with E-state index in [0.717, 1.165) is 37.6 Å². The molecule has 1 aromatic heterocycles. The quantitative estimate of drug-likeness (QED) is 0.866. The number of fused-ring (bicyclic) bond motifs is 1. The third-order valence-corrected chi connectivity index (χ3v) is 5.60. The highest BCUT2D eigenvalue weighted by Crippen LogP contribution is 2.32. The fourth-order valence-electron chi connectivity index (χ4n) is 3.95. The molecule has 4 rings (SSSR count). The normalized spacial score (nSPS) is 26.2. The van der Waals surface area contributed by atoms with Crippen molar-refractivity contribution in [2.24, 2.45) is 11.8 Å². The zero-order valence-corrected chi connectivity index (χ0v) is 15.1. The molecule has 25 heavy (non-hydrogen) atoms. The Hall–Kier alpha value is -1.92. The van der Waals surface area contributed by atoms with Gasteiger partial charge in [0.05, 0.1) is 5.92 Å². The van der Waals surface area contributed by atoms with Crippen LogP contribution in [0, 0.1) is 11.8 Å². The lowest BCUT2D eigenvalue weighted by molar-refractivity contribution is -0.129. The third kappa shape index (κ3) is 3.41. The van der Waals surface area contributed by atoms with E-state index in [9.17, 15) is 9.59 Å². The highest BCUT2D eigenvalue weighted by molar-refractivity contribution is 5.89. The summed E-state index contributed by atoms with van der Waals surface area (Å²) in [5, 5.41) is 11.7. The molecule has 0 bridgehead atoms. The van der Waals surface area contributed by atoms with Gasteiger partial charge in [-0.3, -0.25) is 9.59 Å². The van der Waals surface area contributed by atoms with E-state index in [0.29, 0.717) is 24.8 Å². The predicted molar refractivity (Wildman–Crippen MR) is 91.8 cm³/mol. The SMILES string of the molecule is CC(C)c1nnc2n1CC(NC(=O)C1CC(=O)N(CC3CC3)C1)CC2. The number of likely N-dealkylation sites (tertiary alicyclic amines) is 1. The number of carbonyl (C=O) groups excluding carboxylic acids is 2. The molecular formula is C18H27N5O2. The summed E-state index contributed by atoms with van der Waals surface area (Å²) in [4.78, 5) is 26.6. The second kappa shape index (κ2) is 6.42. The fraction of sp³-hybridized carbons (Fsp3) is 0.778. The van der Waals surface area contributed by atoms with Crippen molar-refractivity contribution in [2.45, 2.75) is 64.5 Å². The Kier molecular flexibility index (Phi) is 4.25. The molecule has 7 heteroatoms. The van der Waals surface area contributed by atoms with Crippen LogP contribution in [0.5, 0.6) is 0 Å². The fourth-order valence-corrected chi connectivity index (χ4v) is 3.95. The minimum absolute atomic E-state index is 0.0271. The molecule has 3 aliphatic rings. The van der Waals surface area contributed by atoms with Gasteiger partial charge in [0, 0.05) is 44.4 Å². The average Bonchev–Trinajstić information content (AvgIpc) is 3.16. The van der Waals surface area contributed by atoms with Gasteiger partial charge in [0.15, 0.2) is 0 Å². The first-order valence-electron chi connectivity index (χ1n) is 9.51. The first-order valence-corrected chi connectivity index (χ1v) is 9.51. The summed E-state index contributed by atoms with van der Waals surface area (Å²) in [6.45, 7) is 6.38. The molecule has 0 spiro atoms. The summed E-state index contributed by atoms with van der Waals surface area (Å²) < 4.78 is 2.15. The van der Waals surface area contributed by atoms with Crippen molar-refractivity contribution < 1.29 is 9.59 Å². The molecule has 7 nitrogen and oxygen atoms in total. The van der Waals surface area contributed by atoms with E-state index in [2.05, 4.69) is 33.9 Å². The zero-order chi connectivity index (χ0) is 17.6. The van der Waals surface area contributed by atoms with E-state index in [1.165, 1.54) is 12.8 Å². The summed E-state index contributed by atoms with van der Waals surface area (Å²) in [7, 11) is 0. The van der Waals surface area contributed by atoms with Gasteiger partial charge in [-0.1, -0.05) is 13.8 Å². The van der Waals surface area contributed by atoms with Crippen molar-refractivity contribution in [3.63, 3.8) is 0 Å². The van der Waals surface area contributed by atoms with Crippen LogP contribution in [0.25, 0.3) is 0 Å². The first kappa shape index (κ1) is 16.5. The number of aryl methyl sites for hydroxylation is 1. The Morgan fingerprint density at radius 2 is 2.04 bits per heavy atom. The van der Waals surface area contributed by atoms with Crippen molar-refractivity contribution >= 4 is 11.8 Å². The van der Waals surface area contributed by atoms with Crippen LogP contribution in [-0.2, 0) is 22.6 Å². The molecule has 1 aliphatic carbocycles. The molecule has 2 unspecified atom stereocenters. The lowest BCUT2D eigenvalue weighted by Gasteiger charge is -2.27. The van der Waals surface area contributed by atoms with Crippen LogP contribution < -0.4 is 5.32 Å². The van der Waals surface area contributed by atoms with Gasteiger partial charge in [-0.05, 0) is 25.2 Å². The highest BCUT2D eigenvalue weighted by Gasteiger charge is 2.38. The number of hydrogen-bond acceptors (Lipinski definition) is 4. The van der Waals surface area contributed by atoms with Crippen molar-refractivity contribution in [3.05, 3.63) is 11.6 Å². The number of carbonyl (C=O) groups is 2. The summed E-state index contributed by atoms with van der Waals surface area (Å²) in [5.74, 6) is 2.96. The third-order valence-electron chi connectivity index (χ3n) is 5.60. The highest BCUT2D eigenvalue weighted by atomic mass is 16.2. The van der Waals surface area contributed by atoms with E-state index in [1.54, 1.807) is 0 Å². The van der Waals surface area contributed by atoms with Crippen LogP contribution in [0.3, 0.4) is 0 Å². The van der Waals surface area contributed by atoms with Gasteiger partial charge in [0.25, 0.3) is 0 Å². The number of rotatable bonds is 5. The van der Waals surface area contributed by atoms with Crippen LogP contribution in [-0.4, -0.2) is 50.6 Å². The second-order valence-corrected chi connectivity index (χ2v) is 8.13. The van der Waals surface area contributed by atoms with Crippen LogP contribution in [0.1, 0.15) is 57.1 Å². The molecule has 136 valence electrons. The van der Waals surface area contributed by atoms with E-state index >= 15 is 0 Å². The maximum absolute atomic E-state index is 12.6. The van der Waals surface area contributed by atoms with Gasteiger partial charge in [0.2, 0.25) is 11.8 Å². The summed E-state index contributed by atoms with van der Waals surface area (Å²) in [6.07, 6.45) is 4.53. The van der Waals surface area contributed by atoms with Gasteiger partial charge in [0.1, 0.15) is 11.6 Å². The van der Waals surface area contributed by atoms with Gasteiger partial charge in [-0.15, -0.1) is 10.2 Å². The summed E-state index contributed by atoms with van der Waals surface area (Å²) in [6, 6.07) is 0.0982. The van der Waals surface area contributed by atoms with E-state index < -0.39 is 0 Å². The Labute approximate surface area is 148 Å². The van der Waals surface area contributed by atoms with Crippen molar-refractivity contribution in [2.75, 3.05) is 13.1 Å². The van der Waals surface area contributed by atoms with Gasteiger partial charge < -0.3 is 14.8 Å². The van der Waals surface area contributed by atoms with Crippen LogP contribution in [0.15, 0.2) is 0 Å². The molecule has 1 saturated heterocycles. The Morgan fingerprint density at radius 1 is 1.24 bits per heavy atom.